The van der Waals surface area contributed by atoms with Crippen molar-refractivity contribution in [3.63, 3.8) is 0 Å². The molecule has 2 aromatic carbocycles. The van der Waals surface area contributed by atoms with Gasteiger partial charge in [-0.1, -0.05) is 36.4 Å². The third-order valence-corrected chi connectivity index (χ3v) is 4.63. The van der Waals surface area contributed by atoms with E-state index in [9.17, 15) is 14.4 Å². The number of benzene rings is 2. The van der Waals surface area contributed by atoms with Crippen LogP contribution in [-0.2, 0) is 16.1 Å². The number of cyclic esters (lactones) is 1. The Labute approximate surface area is 156 Å². The fourth-order valence-corrected chi connectivity index (χ4v) is 3.14. The van der Waals surface area contributed by atoms with Gasteiger partial charge in [-0.3, -0.25) is 9.59 Å². The van der Waals surface area contributed by atoms with Crippen LogP contribution in [0.25, 0.3) is 0 Å². The number of amides is 3. The fourth-order valence-electron chi connectivity index (χ4n) is 3.14. The van der Waals surface area contributed by atoms with Gasteiger partial charge in [-0.15, -0.1) is 0 Å². The Morgan fingerprint density at radius 1 is 1.07 bits per heavy atom. The second-order valence-electron chi connectivity index (χ2n) is 6.48. The van der Waals surface area contributed by atoms with Crippen LogP contribution in [0.2, 0.25) is 0 Å². The van der Waals surface area contributed by atoms with Crippen LogP contribution in [0, 0.1) is 0 Å². The van der Waals surface area contributed by atoms with Crippen molar-refractivity contribution in [2.75, 3.05) is 19.7 Å². The number of ether oxygens (including phenoxy) is 2. The molecule has 0 N–H and O–H groups in total. The van der Waals surface area contributed by atoms with E-state index in [-0.39, 0.29) is 24.5 Å². The Morgan fingerprint density at radius 2 is 1.85 bits per heavy atom. The summed E-state index contributed by atoms with van der Waals surface area (Å²) in [5, 5.41) is 0. The molecular weight excluding hydrogens is 348 g/mol. The Hall–Kier alpha value is -3.35. The SMILES string of the molecule is O=C(c1cccc(OCc2ccccc2)c1)N1CC(N2C(=O)COC2=O)C1. The molecule has 2 aliphatic heterocycles. The molecule has 0 unspecified atom stereocenters. The van der Waals surface area contributed by atoms with E-state index < -0.39 is 6.09 Å². The van der Waals surface area contributed by atoms with E-state index in [1.807, 2.05) is 30.3 Å². The summed E-state index contributed by atoms with van der Waals surface area (Å²) in [4.78, 5) is 38.5. The molecule has 2 aromatic rings. The second-order valence-corrected chi connectivity index (χ2v) is 6.48. The summed E-state index contributed by atoms with van der Waals surface area (Å²) < 4.78 is 10.5. The average Bonchev–Trinajstić information content (AvgIpc) is 2.99. The first kappa shape index (κ1) is 17.1. The number of imide groups is 1. The van der Waals surface area contributed by atoms with Crippen LogP contribution in [0.3, 0.4) is 0 Å². The highest BCUT2D eigenvalue weighted by atomic mass is 16.6. The van der Waals surface area contributed by atoms with E-state index in [0.717, 1.165) is 10.5 Å². The number of hydrogen-bond acceptors (Lipinski definition) is 5. The van der Waals surface area contributed by atoms with Gasteiger partial charge in [0.2, 0.25) is 0 Å². The maximum absolute atomic E-state index is 12.6. The highest BCUT2D eigenvalue weighted by Gasteiger charge is 2.44. The molecule has 0 atom stereocenters. The smallest absolute Gasteiger partial charge is 0.417 e. The van der Waals surface area contributed by atoms with Gasteiger partial charge < -0.3 is 14.4 Å². The first-order chi connectivity index (χ1) is 13.1. The Morgan fingerprint density at radius 3 is 2.56 bits per heavy atom. The first-order valence-corrected chi connectivity index (χ1v) is 8.67. The summed E-state index contributed by atoms with van der Waals surface area (Å²) in [5.41, 5.74) is 1.55. The van der Waals surface area contributed by atoms with Crippen molar-refractivity contribution in [3.05, 3.63) is 65.7 Å². The van der Waals surface area contributed by atoms with Crippen molar-refractivity contribution in [2.24, 2.45) is 0 Å². The van der Waals surface area contributed by atoms with Crippen molar-refractivity contribution < 1.29 is 23.9 Å². The summed E-state index contributed by atoms with van der Waals surface area (Å²) in [7, 11) is 0. The first-order valence-electron chi connectivity index (χ1n) is 8.67. The molecule has 0 bridgehead atoms. The lowest BCUT2D eigenvalue weighted by Gasteiger charge is -2.41. The summed E-state index contributed by atoms with van der Waals surface area (Å²) in [6, 6.07) is 16.5. The molecule has 0 aromatic heterocycles. The highest BCUT2D eigenvalue weighted by molar-refractivity contribution is 5.99. The van der Waals surface area contributed by atoms with E-state index in [0.29, 0.717) is 31.0 Å². The molecule has 2 aliphatic rings. The van der Waals surface area contributed by atoms with Gasteiger partial charge in [0, 0.05) is 18.7 Å². The van der Waals surface area contributed by atoms with Gasteiger partial charge >= 0.3 is 6.09 Å². The minimum atomic E-state index is -0.631. The quantitative estimate of drug-likeness (QED) is 0.810. The van der Waals surface area contributed by atoms with Crippen LogP contribution in [0.5, 0.6) is 5.75 Å². The normalized spacial score (nSPS) is 16.9. The van der Waals surface area contributed by atoms with Gasteiger partial charge in [-0.05, 0) is 23.8 Å². The van der Waals surface area contributed by atoms with Crippen molar-refractivity contribution in [2.45, 2.75) is 12.6 Å². The second kappa shape index (κ2) is 7.11. The van der Waals surface area contributed by atoms with E-state index in [1.54, 1.807) is 29.2 Å². The Bertz CT molecular complexity index is 861. The number of carbonyl (C=O) groups is 3. The maximum Gasteiger partial charge on any atom is 0.417 e. The van der Waals surface area contributed by atoms with Crippen LogP contribution < -0.4 is 4.74 Å². The molecule has 27 heavy (non-hydrogen) atoms. The van der Waals surface area contributed by atoms with E-state index in [1.165, 1.54) is 0 Å². The molecule has 0 radical (unpaired) electrons. The van der Waals surface area contributed by atoms with Gasteiger partial charge in [0.15, 0.2) is 6.61 Å². The molecule has 7 heteroatoms. The summed E-state index contributed by atoms with van der Waals surface area (Å²) in [6.45, 7) is 0.830. The zero-order valence-corrected chi connectivity index (χ0v) is 14.5. The van der Waals surface area contributed by atoms with Crippen molar-refractivity contribution in [1.29, 1.82) is 0 Å². The third kappa shape index (κ3) is 3.48. The van der Waals surface area contributed by atoms with Gasteiger partial charge in [0.05, 0.1) is 6.04 Å². The van der Waals surface area contributed by atoms with Gasteiger partial charge in [-0.25, -0.2) is 9.69 Å². The monoisotopic (exact) mass is 366 g/mol. The molecular formula is C20H18N2O5. The van der Waals surface area contributed by atoms with Gasteiger partial charge in [-0.2, -0.15) is 0 Å². The molecule has 0 aliphatic carbocycles. The lowest BCUT2D eigenvalue weighted by atomic mass is 10.0. The summed E-state index contributed by atoms with van der Waals surface area (Å²) >= 11 is 0. The molecule has 3 amide bonds. The molecule has 2 fully saturated rings. The van der Waals surface area contributed by atoms with E-state index in [4.69, 9.17) is 9.47 Å². The molecule has 4 rings (SSSR count). The fraction of sp³-hybridized carbons (Fsp3) is 0.250. The Balaban J connectivity index is 1.36. The standard InChI is InChI=1S/C20H18N2O5/c23-18-13-27-20(25)22(18)16-10-21(11-16)19(24)15-7-4-8-17(9-15)26-12-14-5-2-1-3-6-14/h1-9,16H,10-13H2. The van der Waals surface area contributed by atoms with Crippen LogP contribution >= 0.6 is 0 Å². The zero-order valence-electron chi connectivity index (χ0n) is 14.5. The Kier molecular flexibility index (Phi) is 4.50. The minimum absolute atomic E-state index is 0.156. The number of rotatable bonds is 5. The number of hydrogen-bond donors (Lipinski definition) is 0. The maximum atomic E-state index is 12.6. The van der Waals surface area contributed by atoms with Crippen LogP contribution in [0.1, 0.15) is 15.9 Å². The lowest BCUT2D eigenvalue weighted by molar-refractivity contribution is -0.129. The van der Waals surface area contributed by atoms with E-state index in [2.05, 4.69) is 0 Å². The summed E-state index contributed by atoms with van der Waals surface area (Å²) in [6.07, 6.45) is -0.631. The largest absolute Gasteiger partial charge is 0.489 e. The van der Waals surface area contributed by atoms with Crippen LogP contribution in [-0.4, -0.2) is 53.4 Å². The minimum Gasteiger partial charge on any atom is -0.489 e. The predicted molar refractivity (Wildman–Crippen MR) is 95.1 cm³/mol. The van der Waals surface area contributed by atoms with Crippen LogP contribution in [0.4, 0.5) is 4.79 Å². The summed E-state index contributed by atoms with van der Waals surface area (Å²) in [5.74, 6) is 0.102. The number of carbonyl (C=O) groups excluding carboxylic acids is 3. The third-order valence-electron chi connectivity index (χ3n) is 4.63. The average molecular weight is 366 g/mol. The predicted octanol–water partition coefficient (Wildman–Crippen LogP) is 2.07. The molecule has 0 saturated carbocycles. The van der Waals surface area contributed by atoms with Gasteiger partial charge in [0.25, 0.3) is 11.8 Å². The van der Waals surface area contributed by atoms with Crippen molar-refractivity contribution >= 4 is 17.9 Å². The van der Waals surface area contributed by atoms with Gasteiger partial charge in [0.1, 0.15) is 12.4 Å². The molecule has 0 spiro atoms. The highest BCUT2D eigenvalue weighted by Crippen LogP contribution is 2.23. The zero-order chi connectivity index (χ0) is 18.8. The van der Waals surface area contributed by atoms with E-state index >= 15 is 0 Å². The molecule has 138 valence electrons. The van der Waals surface area contributed by atoms with Crippen LogP contribution in [0.15, 0.2) is 54.6 Å². The number of nitrogens with zero attached hydrogens (tertiary/aromatic N) is 2. The van der Waals surface area contributed by atoms with Crippen molar-refractivity contribution in [1.82, 2.24) is 9.80 Å². The molecule has 2 heterocycles. The molecule has 2 saturated heterocycles. The van der Waals surface area contributed by atoms with Crippen molar-refractivity contribution in [3.8, 4) is 5.75 Å². The number of likely N-dealkylation sites (tertiary alicyclic amines) is 1. The topological polar surface area (TPSA) is 76.2 Å². The lowest BCUT2D eigenvalue weighted by Crippen LogP contribution is -2.62. The molecule has 7 nitrogen and oxygen atoms in total.